The zero-order chi connectivity index (χ0) is 20.3. The molecule has 0 saturated carbocycles. The number of Topliss-reactive ketones (excluding diaryl/α,β-unsaturated/α-hetero) is 1. The molecule has 1 aromatic carbocycles. The summed E-state index contributed by atoms with van der Waals surface area (Å²) in [4.78, 5) is 36.7. The molecule has 0 N–H and O–H groups in total. The first-order valence-corrected chi connectivity index (χ1v) is 8.60. The van der Waals surface area contributed by atoms with Gasteiger partial charge in [-0.3, -0.25) is 9.59 Å². The highest BCUT2D eigenvalue weighted by molar-refractivity contribution is 6.36. The van der Waals surface area contributed by atoms with Crippen LogP contribution in [-0.2, 0) is 19.1 Å². The number of ether oxygens (including phenoxy) is 2. The van der Waals surface area contributed by atoms with Crippen molar-refractivity contribution in [2.24, 2.45) is 5.41 Å². The van der Waals surface area contributed by atoms with E-state index in [-0.39, 0.29) is 15.6 Å². The Hall–Kier alpha value is -1.85. The lowest BCUT2D eigenvalue weighted by molar-refractivity contribution is -0.171. The number of esters is 2. The first-order valence-electron chi connectivity index (χ1n) is 7.85. The number of hydrogen-bond donors (Lipinski definition) is 0. The number of halogens is 2. The molecule has 1 rings (SSSR count). The molecule has 26 heavy (non-hydrogen) atoms. The quantitative estimate of drug-likeness (QED) is 0.509. The zero-order valence-electron chi connectivity index (χ0n) is 15.4. The van der Waals surface area contributed by atoms with Gasteiger partial charge in [0.2, 0.25) is 0 Å². The highest BCUT2D eigenvalue weighted by atomic mass is 35.5. The molecular formula is C19H22Cl2O5. The van der Waals surface area contributed by atoms with Crippen molar-refractivity contribution in [1.29, 1.82) is 0 Å². The van der Waals surface area contributed by atoms with E-state index in [4.69, 9.17) is 32.7 Å². The average molecular weight is 401 g/mol. The Morgan fingerprint density at radius 2 is 1.69 bits per heavy atom. The van der Waals surface area contributed by atoms with Crippen molar-refractivity contribution in [2.45, 2.75) is 40.2 Å². The molecule has 0 aliphatic carbocycles. The molecule has 0 heterocycles. The maximum Gasteiger partial charge on any atom is 0.339 e. The molecule has 5 nitrogen and oxygen atoms in total. The van der Waals surface area contributed by atoms with E-state index in [1.165, 1.54) is 32.1 Å². The monoisotopic (exact) mass is 400 g/mol. The van der Waals surface area contributed by atoms with Crippen LogP contribution in [0.5, 0.6) is 0 Å². The third-order valence-electron chi connectivity index (χ3n) is 3.64. The van der Waals surface area contributed by atoms with Crippen LogP contribution in [0, 0.1) is 5.41 Å². The molecule has 1 atom stereocenters. The van der Waals surface area contributed by atoms with Gasteiger partial charge in [0.1, 0.15) is 18.0 Å². The Morgan fingerprint density at radius 1 is 1.12 bits per heavy atom. The van der Waals surface area contributed by atoms with Crippen LogP contribution in [0.2, 0.25) is 10.0 Å². The van der Waals surface area contributed by atoms with Crippen LogP contribution in [0.15, 0.2) is 18.7 Å². The number of ketones is 1. The van der Waals surface area contributed by atoms with Crippen molar-refractivity contribution in [1.82, 2.24) is 0 Å². The fourth-order valence-electron chi connectivity index (χ4n) is 1.86. The van der Waals surface area contributed by atoms with Gasteiger partial charge >= 0.3 is 11.9 Å². The van der Waals surface area contributed by atoms with Gasteiger partial charge in [-0.1, -0.05) is 35.9 Å². The van der Waals surface area contributed by atoms with Gasteiger partial charge in [-0.05, 0) is 52.3 Å². The second-order valence-electron chi connectivity index (χ2n) is 7.02. The maximum absolute atomic E-state index is 12.4. The van der Waals surface area contributed by atoms with E-state index >= 15 is 0 Å². The fourth-order valence-corrected chi connectivity index (χ4v) is 2.35. The molecule has 0 amide bonds. The topological polar surface area (TPSA) is 69.7 Å². The second-order valence-corrected chi connectivity index (χ2v) is 7.84. The number of carbonyl (C=O) groups excluding carboxylic acids is 3. The summed E-state index contributed by atoms with van der Waals surface area (Å²) in [6.45, 7) is 10.8. The zero-order valence-corrected chi connectivity index (χ0v) is 17.0. The maximum atomic E-state index is 12.4. The number of hydrogen-bond acceptors (Lipinski definition) is 5. The molecule has 0 saturated heterocycles. The number of carbonyl (C=O) groups is 3. The van der Waals surface area contributed by atoms with Crippen LogP contribution >= 0.6 is 23.2 Å². The van der Waals surface area contributed by atoms with E-state index in [0.29, 0.717) is 5.56 Å². The Morgan fingerprint density at radius 3 is 2.15 bits per heavy atom. The molecule has 0 spiro atoms. The van der Waals surface area contributed by atoms with Crippen molar-refractivity contribution >= 4 is 47.0 Å². The van der Waals surface area contributed by atoms with Crippen LogP contribution in [0.25, 0.3) is 6.08 Å². The highest BCUT2D eigenvalue weighted by Crippen LogP contribution is 2.28. The fraction of sp³-hybridized carbons (Fsp3) is 0.421. The van der Waals surface area contributed by atoms with Crippen LogP contribution in [0.3, 0.4) is 0 Å². The Balaban J connectivity index is 3.02. The van der Waals surface area contributed by atoms with E-state index in [9.17, 15) is 14.4 Å². The molecule has 0 fully saturated rings. The Bertz CT molecular complexity index is 749. The van der Waals surface area contributed by atoms with Gasteiger partial charge in [-0.25, -0.2) is 4.79 Å². The van der Waals surface area contributed by atoms with Crippen molar-refractivity contribution in [3.63, 3.8) is 0 Å². The van der Waals surface area contributed by atoms with E-state index < -0.39 is 35.3 Å². The summed E-state index contributed by atoms with van der Waals surface area (Å²) in [5.41, 5.74) is -1.82. The SMILES string of the molecule is C=Cc1cc(Cl)c(C(=O)OCC(C)(C(C)=O)C(=O)OC(C)(C)C)cc1Cl. The second kappa shape index (κ2) is 8.23. The lowest BCUT2D eigenvalue weighted by Gasteiger charge is -2.29. The Kier molecular flexibility index (Phi) is 7.02. The third kappa shape index (κ3) is 5.32. The van der Waals surface area contributed by atoms with Gasteiger partial charge < -0.3 is 9.47 Å². The van der Waals surface area contributed by atoms with E-state index in [0.717, 1.165) is 0 Å². The van der Waals surface area contributed by atoms with Gasteiger partial charge in [-0.15, -0.1) is 0 Å². The summed E-state index contributed by atoms with van der Waals surface area (Å²) < 4.78 is 10.4. The third-order valence-corrected chi connectivity index (χ3v) is 4.28. The van der Waals surface area contributed by atoms with E-state index in [2.05, 4.69) is 6.58 Å². The molecule has 1 aromatic rings. The van der Waals surface area contributed by atoms with Crippen molar-refractivity contribution in [3.8, 4) is 0 Å². The lowest BCUT2D eigenvalue weighted by atomic mass is 9.87. The smallest absolute Gasteiger partial charge is 0.339 e. The largest absolute Gasteiger partial charge is 0.460 e. The van der Waals surface area contributed by atoms with Gasteiger partial charge in [0.25, 0.3) is 0 Å². The molecule has 0 bridgehead atoms. The van der Waals surface area contributed by atoms with Gasteiger partial charge in [0.05, 0.1) is 10.6 Å². The molecule has 142 valence electrons. The summed E-state index contributed by atoms with van der Waals surface area (Å²) in [5.74, 6) is -2.05. The van der Waals surface area contributed by atoms with E-state index in [1.54, 1.807) is 20.8 Å². The first kappa shape index (κ1) is 22.2. The minimum atomic E-state index is -1.62. The van der Waals surface area contributed by atoms with Gasteiger partial charge in [0.15, 0.2) is 5.41 Å². The predicted octanol–water partition coefficient (Wildman–Crippen LogP) is 4.73. The average Bonchev–Trinajstić information content (AvgIpc) is 2.51. The normalized spacial score (nSPS) is 13.5. The molecule has 0 aromatic heterocycles. The molecule has 0 aliphatic heterocycles. The summed E-state index contributed by atoms with van der Waals surface area (Å²) in [5, 5.41) is 0.397. The number of benzene rings is 1. The summed E-state index contributed by atoms with van der Waals surface area (Å²) in [6, 6.07) is 2.83. The minimum absolute atomic E-state index is 0.0253. The molecule has 7 heteroatoms. The van der Waals surface area contributed by atoms with Crippen LogP contribution < -0.4 is 0 Å². The standard InChI is InChI=1S/C19H22Cl2O5/c1-7-12-8-15(21)13(9-14(12)20)16(23)25-10-19(6,11(2)22)17(24)26-18(3,4)5/h7-9H,1,10H2,2-6H3. The summed E-state index contributed by atoms with van der Waals surface area (Å²) in [7, 11) is 0. The first-order chi connectivity index (χ1) is 11.8. The Labute approximate surface area is 163 Å². The summed E-state index contributed by atoms with van der Waals surface area (Å²) in [6.07, 6.45) is 1.50. The lowest BCUT2D eigenvalue weighted by Crippen LogP contribution is -2.44. The van der Waals surface area contributed by atoms with Crippen LogP contribution in [-0.4, -0.2) is 29.9 Å². The van der Waals surface area contributed by atoms with Gasteiger partial charge in [-0.2, -0.15) is 0 Å². The highest BCUT2D eigenvalue weighted by Gasteiger charge is 2.43. The molecule has 1 unspecified atom stereocenters. The molecule has 0 radical (unpaired) electrons. The summed E-state index contributed by atoms with van der Waals surface area (Å²) >= 11 is 12.1. The molecular weight excluding hydrogens is 379 g/mol. The van der Waals surface area contributed by atoms with E-state index in [1.807, 2.05) is 0 Å². The van der Waals surface area contributed by atoms with Crippen LogP contribution in [0.1, 0.15) is 50.5 Å². The number of rotatable bonds is 6. The van der Waals surface area contributed by atoms with Crippen molar-refractivity contribution in [3.05, 3.63) is 39.9 Å². The predicted molar refractivity (Wildman–Crippen MR) is 101 cm³/mol. The van der Waals surface area contributed by atoms with Crippen LogP contribution in [0.4, 0.5) is 0 Å². The van der Waals surface area contributed by atoms with Crippen molar-refractivity contribution in [2.75, 3.05) is 6.61 Å². The molecule has 0 aliphatic rings. The minimum Gasteiger partial charge on any atom is -0.460 e. The van der Waals surface area contributed by atoms with Crippen molar-refractivity contribution < 1.29 is 23.9 Å². The van der Waals surface area contributed by atoms with Gasteiger partial charge in [0, 0.05) is 5.02 Å².